The Bertz CT molecular complexity index is 139. The number of alkyl halides is 1. The predicted molar refractivity (Wildman–Crippen MR) is 71.0 cm³/mol. The normalized spacial score (nSPS) is 13.3. The van der Waals surface area contributed by atoms with Gasteiger partial charge in [0.25, 0.3) is 0 Å². The van der Waals surface area contributed by atoms with Crippen LogP contribution < -0.4 is 0 Å². The molecule has 0 amide bonds. The van der Waals surface area contributed by atoms with Crippen molar-refractivity contribution in [2.24, 2.45) is 0 Å². The molecule has 0 N–H and O–H groups in total. The summed E-state index contributed by atoms with van der Waals surface area (Å²) in [6.07, 6.45) is 2.68. The maximum absolute atomic E-state index is 5.52. The van der Waals surface area contributed by atoms with Gasteiger partial charge >= 0.3 is 0 Å². The van der Waals surface area contributed by atoms with Crippen LogP contribution in [0.3, 0.4) is 0 Å². The number of ether oxygens (including phenoxy) is 1. The lowest BCUT2D eigenvalue weighted by Crippen LogP contribution is -2.41. The lowest BCUT2D eigenvalue weighted by Gasteiger charge is -2.39. The van der Waals surface area contributed by atoms with E-state index in [1.807, 2.05) is 0 Å². The largest absolute Gasteiger partial charge is 0.370 e. The van der Waals surface area contributed by atoms with Gasteiger partial charge in [0.05, 0.1) is 14.7 Å². The third kappa shape index (κ3) is 4.45. The molecule has 0 radical (unpaired) electrons. The smallest absolute Gasteiger partial charge is 0.102 e. The van der Waals surface area contributed by atoms with Gasteiger partial charge in [-0.25, -0.2) is 0 Å². The first-order valence-corrected chi connectivity index (χ1v) is 9.84. The fourth-order valence-corrected chi connectivity index (χ4v) is 4.02. The van der Waals surface area contributed by atoms with Crippen molar-refractivity contribution in [3.05, 3.63) is 0 Å². The van der Waals surface area contributed by atoms with Crippen LogP contribution in [-0.2, 0) is 4.74 Å². The van der Waals surface area contributed by atoms with Crippen molar-refractivity contribution < 1.29 is 4.74 Å². The number of halogens is 1. The number of unbranched alkanes of at least 4 members (excludes halogenated alkanes) is 1. The summed E-state index contributed by atoms with van der Waals surface area (Å²) in [5.41, 5.74) is 0.661. The van der Waals surface area contributed by atoms with Crippen LogP contribution in [0.2, 0.25) is 24.2 Å². The average Bonchev–Trinajstić information content (AvgIpc) is 2.11. The molecule has 0 aliphatic heterocycles. The molecule has 0 saturated carbocycles. The summed E-state index contributed by atoms with van der Waals surface area (Å²) in [7, 11) is -1.13. The summed E-state index contributed by atoms with van der Waals surface area (Å²) in [5, 5.41) is 0.385. The van der Waals surface area contributed by atoms with Crippen LogP contribution in [0.4, 0.5) is 0 Å². The van der Waals surface area contributed by atoms with Crippen molar-refractivity contribution >= 4 is 24.0 Å². The zero-order chi connectivity index (χ0) is 11.2. The highest BCUT2D eigenvalue weighted by Gasteiger charge is 2.38. The highest BCUT2D eigenvalue weighted by Crippen LogP contribution is 2.40. The van der Waals surface area contributed by atoms with Gasteiger partial charge in [-0.15, -0.1) is 0 Å². The Kier molecular flexibility index (Phi) is 6.58. The Labute approximate surface area is 98.8 Å². The maximum atomic E-state index is 5.52. The quantitative estimate of drug-likeness (QED) is 0.488. The second kappa shape index (κ2) is 6.29. The van der Waals surface area contributed by atoms with Gasteiger partial charge in [-0.1, -0.05) is 68.7 Å². The third-order valence-corrected chi connectivity index (χ3v) is 9.26. The lowest BCUT2D eigenvalue weighted by atomic mass is 10.2. The molecule has 0 aliphatic rings. The van der Waals surface area contributed by atoms with E-state index in [4.69, 9.17) is 4.74 Å². The van der Waals surface area contributed by atoms with E-state index in [2.05, 4.69) is 49.8 Å². The number of rotatable bonds is 7. The number of hydrogen-bond acceptors (Lipinski definition) is 1. The van der Waals surface area contributed by atoms with Gasteiger partial charge in [0.15, 0.2) is 0 Å². The van der Waals surface area contributed by atoms with Crippen molar-refractivity contribution in [3.63, 3.8) is 0 Å². The molecule has 1 nitrogen and oxygen atoms in total. The van der Waals surface area contributed by atoms with E-state index in [-0.39, 0.29) is 0 Å². The van der Waals surface area contributed by atoms with E-state index >= 15 is 0 Å². The van der Waals surface area contributed by atoms with E-state index in [9.17, 15) is 0 Å². The van der Waals surface area contributed by atoms with Crippen molar-refractivity contribution in [2.75, 3.05) is 12.1 Å². The topological polar surface area (TPSA) is 9.23 Å². The van der Waals surface area contributed by atoms with Gasteiger partial charge in [-0.2, -0.15) is 0 Å². The fraction of sp³-hybridized carbons (Fsp3) is 1.00. The van der Waals surface area contributed by atoms with Crippen molar-refractivity contribution in [1.82, 2.24) is 0 Å². The molecule has 0 fully saturated rings. The Balaban J connectivity index is 4.20. The van der Waals surface area contributed by atoms with Crippen LogP contribution in [0.15, 0.2) is 0 Å². The molecule has 0 atom stereocenters. The average molecular weight is 281 g/mol. The molecule has 0 rings (SSSR count). The summed E-state index contributed by atoms with van der Waals surface area (Å²) >= 11 is 3.31. The van der Waals surface area contributed by atoms with Crippen LogP contribution in [0, 0.1) is 0 Å². The van der Waals surface area contributed by atoms with E-state index < -0.39 is 8.07 Å². The predicted octanol–water partition coefficient (Wildman–Crippen LogP) is 4.64. The Hall–Kier alpha value is 0.657. The van der Waals surface area contributed by atoms with Crippen molar-refractivity contribution in [3.8, 4) is 0 Å². The van der Waals surface area contributed by atoms with Gasteiger partial charge in [0, 0.05) is 0 Å². The molecular weight excluding hydrogens is 256 g/mol. The fourth-order valence-electron chi connectivity index (χ4n) is 1.45. The molecular formula is C11H25BrOSi. The minimum Gasteiger partial charge on any atom is -0.370 e. The highest BCUT2D eigenvalue weighted by atomic mass is 79.9. The third-order valence-electron chi connectivity index (χ3n) is 3.53. The second-order valence-electron chi connectivity index (χ2n) is 5.33. The minimum atomic E-state index is -1.13. The van der Waals surface area contributed by atoms with Gasteiger partial charge < -0.3 is 4.74 Å². The SMILES string of the molecule is CCCC[Si](C)(C)C(C)(C)COCBr. The van der Waals surface area contributed by atoms with Gasteiger partial charge in [-0.3, -0.25) is 0 Å². The van der Waals surface area contributed by atoms with E-state index in [1.54, 1.807) is 0 Å². The molecule has 0 aromatic carbocycles. The van der Waals surface area contributed by atoms with Crippen molar-refractivity contribution in [2.45, 2.75) is 57.8 Å². The molecule has 0 heterocycles. The van der Waals surface area contributed by atoms with Gasteiger partial charge in [0.1, 0.15) is 5.52 Å². The molecule has 3 heteroatoms. The van der Waals surface area contributed by atoms with Crippen LogP contribution in [0.25, 0.3) is 0 Å². The van der Waals surface area contributed by atoms with Crippen LogP contribution in [-0.4, -0.2) is 20.2 Å². The molecule has 0 bridgehead atoms. The Morgan fingerprint density at radius 1 is 1.29 bits per heavy atom. The zero-order valence-corrected chi connectivity index (χ0v) is 12.9. The first-order chi connectivity index (χ1) is 6.37. The Morgan fingerprint density at radius 2 is 1.86 bits per heavy atom. The zero-order valence-electron chi connectivity index (χ0n) is 10.3. The van der Waals surface area contributed by atoms with Crippen LogP contribution in [0.1, 0.15) is 33.6 Å². The van der Waals surface area contributed by atoms with Gasteiger partial charge in [-0.05, 0) is 5.04 Å². The molecule has 0 unspecified atom stereocenters. The number of hydrogen-bond donors (Lipinski definition) is 0. The summed E-state index contributed by atoms with van der Waals surface area (Å²) in [6, 6.07) is 1.42. The van der Waals surface area contributed by atoms with E-state index in [1.165, 1.54) is 18.9 Å². The maximum Gasteiger partial charge on any atom is 0.102 e. The van der Waals surface area contributed by atoms with Crippen LogP contribution in [0.5, 0.6) is 0 Å². The summed E-state index contributed by atoms with van der Waals surface area (Å²) in [4.78, 5) is 0. The molecule has 86 valence electrons. The molecule has 0 saturated heterocycles. The molecule has 0 aliphatic carbocycles. The van der Waals surface area contributed by atoms with E-state index in [0.29, 0.717) is 10.6 Å². The summed E-state index contributed by atoms with van der Waals surface area (Å²) in [6.45, 7) is 12.9. The molecule has 0 aromatic heterocycles. The molecule has 14 heavy (non-hydrogen) atoms. The molecule has 0 spiro atoms. The Morgan fingerprint density at radius 3 is 2.29 bits per heavy atom. The van der Waals surface area contributed by atoms with Crippen LogP contribution >= 0.6 is 15.9 Å². The lowest BCUT2D eigenvalue weighted by molar-refractivity contribution is 0.158. The van der Waals surface area contributed by atoms with Gasteiger partial charge in [0.2, 0.25) is 0 Å². The second-order valence-corrected chi connectivity index (χ2v) is 11.4. The first-order valence-electron chi connectivity index (χ1n) is 5.51. The van der Waals surface area contributed by atoms with Crippen molar-refractivity contribution in [1.29, 1.82) is 0 Å². The highest BCUT2D eigenvalue weighted by molar-refractivity contribution is 9.09. The summed E-state index contributed by atoms with van der Waals surface area (Å²) < 4.78 is 5.52. The molecule has 0 aromatic rings. The minimum absolute atomic E-state index is 0.385. The summed E-state index contributed by atoms with van der Waals surface area (Å²) in [5.74, 6) is 0. The van der Waals surface area contributed by atoms with E-state index in [0.717, 1.165) is 6.61 Å². The monoisotopic (exact) mass is 280 g/mol. The first kappa shape index (κ1) is 14.7. The standard InChI is InChI=1S/C11H25BrOSi/c1-6-7-8-14(4,5)11(2,3)9-13-10-12/h6-10H2,1-5H3.